The number of nitrogens with one attached hydrogen (secondary N) is 1. The third-order valence-electron chi connectivity index (χ3n) is 2.84. The summed E-state index contributed by atoms with van der Waals surface area (Å²) in [4.78, 5) is 16.4. The van der Waals surface area contributed by atoms with Crippen LogP contribution in [-0.4, -0.2) is 24.3 Å². The number of benzene rings is 1. The average molecular weight is 274 g/mol. The summed E-state index contributed by atoms with van der Waals surface area (Å²) < 4.78 is 12.8. The number of hydrogen-bond acceptors (Lipinski definition) is 3. The molecule has 0 aliphatic carbocycles. The SMILES string of the molecule is CC#CC(=O)NCC1CC(Cc2ccc(F)cc2)=NO1. The van der Waals surface area contributed by atoms with Crippen molar-refractivity contribution in [2.75, 3.05) is 6.54 Å². The Labute approximate surface area is 117 Å². The smallest absolute Gasteiger partial charge is 0.296 e. The predicted octanol–water partition coefficient (Wildman–Crippen LogP) is 1.65. The Morgan fingerprint density at radius 2 is 2.25 bits per heavy atom. The Bertz CT molecular complexity index is 570. The number of rotatable bonds is 4. The summed E-state index contributed by atoms with van der Waals surface area (Å²) in [5.74, 6) is 4.35. The fourth-order valence-electron chi connectivity index (χ4n) is 1.90. The molecule has 1 atom stereocenters. The maximum Gasteiger partial charge on any atom is 0.296 e. The van der Waals surface area contributed by atoms with Crippen molar-refractivity contribution >= 4 is 11.6 Å². The molecule has 5 heteroatoms. The van der Waals surface area contributed by atoms with Gasteiger partial charge < -0.3 is 10.2 Å². The maximum atomic E-state index is 12.8. The fourth-order valence-corrected chi connectivity index (χ4v) is 1.90. The molecule has 1 aromatic rings. The average Bonchev–Trinajstić information content (AvgIpc) is 2.87. The van der Waals surface area contributed by atoms with Crippen molar-refractivity contribution in [3.8, 4) is 11.8 Å². The fraction of sp³-hybridized carbons (Fsp3) is 0.333. The molecule has 4 nitrogen and oxygen atoms in total. The maximum absolute atomic E-state index is 12.8. The number of carbonyl (C=O) groups is 1. The van der Waals surface area contributed by atoms with E-state index in [-0.39, 0.29) is 17.8 Å². The highest BCUT2D eigenvalue weighted by molar-refractivity contribution is 5.93. The van der Waals surface area contributed by atoms with Gasteiger partial charge in [0.1, 0.15) is 11.9 Å². The van der Waals surface area contributed by atoms with Crippen LogP contribution in [0.4, 0.5) is 4.39 Å². The lowest BCUT2D eigenvalue weighted by molar-refractivity contribution is -0.116. The van der Waals surface area contributed by atoms with Gasteiger partial charge in [-0.15, -0.1) is 0 Å². The molecule has 0 bridgehead atoms. The largest absolute Gasteiger partial charge is 0.390 e. The van der Waals surface area contributed by atoms with Crippen LogP contribution in [0.1, 0.15) is 18.9 Å². The van der Waals surface area contributed by atoms with E-state index in [4.69, 9.17) is 4.84 Å². The number of oxime groups is 1. The first kappa shape index (κ1) is 14.1. The van der Waals surface area contributed by atoms with E-state index in [0.29, 0.717) is 19.4 Å². The van der Waals surface area contributed by atoms with Crippen molar-refractivity contribution in [2.24, 2.45) is 5.16 Å². The van der Waals surface area contributed by atoms with Crippen molar-refractivity contribution < 1.29 is 14.0 Å². The summed E-state index contributed by atoms with van der Waals surface area (Å²) >= 11 is 0. The second kappa shape index (κ2) is 6.71. The number of hydrogen-bond donors (Lipinski definition) is 1. The lowest BCUT2D eigenvalue weighted by atomic mass is 10.0. The van der Waals surface area contributed by atoms with Gasteiger partial charge in [0, 0.05) is 12.8 Å². The molecule has 0 radical (unpaired) electrons. The molecule has 1 unspecified atom stereocenters. The second-order valence-corrected chi connectivity index (χ2v) is 4.48. The van der Waals surface area contributed by atoms with E-state index in [1.165, 1.54) is 12.1 Å². The van der Waals surface area contributed by atoms with Crippen LogP contribution in [0, 0.1) is 17.7 Å². The highest BCUT2D eigenvalue weighted by Crippen LogP contribution is 2.14. The van der Waals surface area contributed by atoms with E-state index in [0.717, 1.165) is 11.3 Å². The Morgan fingerprint density at radius 1 is 1.50 bits per heavy atom. The van der Waals surface area contributed by atoms with Gasteiger partial charge in [-0.3, -0.25) is 4.79 Å². The summed E-state index contributed by atoms with van der Waals surface area (Å²) in [6, 6.07) is 6.30. The predicted molar refractivity (Wildman–Crippen MR) is 73.5 cm³/mol. The van der Waals surface area contributed by atoms with Gasteiger partial charge in [0.15, 0.2) is 0 Å². The van der Waals surface area contributed by atoms with Gasteiger partial charge in [0.25, 0.3) is 5.91 Å². The number of nitrogens with zero attached hydrogens (tertiary/aromatic N) is 1. The Kier molecular flexibility index (Phi) is 4.72. The van der Waals surface area contributed by atoms with Crippen LogP contribution in [0.3, 0.4) is 0 Å². The highest BCUT2D eigenvalue weighted by Gasteiger charge is 2.21. The van der Waals surface area contributed by atoms with Gasteiger partial charge in [-0.2, -0.15) is 0 Å². The van der Waals surface area contributed by atoms with Crippen molar-refractivity contribution in [3.63, 3.8) is 0 Å². The third-order valence-corrected chi connectivity index (χ3v) is 2.84. The van der Waals surface area contributed by atoms with E-state index in [1.807, 2.05) is 0 Å². The molecule has 0 saturated heterocycles. The number of carbonyl (C=O) groups excluding carboxylic acids is 1. The van der Waals surface area contributed by atoms with Gasteiger partial charge in [-0.25, -0.2) is 4.39 Å². The van der Waals surface area contributed by atoms with Gasteiger partial charge >= 0.3 is 0 Å². The molecule has 1 N–H and O–H groups in total. The first-order valence-corrected chi connectivity index (χ1v) is 6.34. The lowest BCUT2D eigenvalue weighted by Gasteiger charge is -2.07. The van der Waals surface area contributed by atoms with Crippen LogP contribution in [0.5, 0.6) is 0 Å². The van der Waals surface area contributed by atoms with Crippen LogP contribution >= 0.6 is 0 Å². The van der Waals surface area contributed by atoms with Crippen molar-refractivity contribution in [1.82, 2.24) is 5.32 Å². The van der Waals surface area contributed by atoms with Crippen molar-refractivity contribution in [3.05, 3.63) is 35.6 Å². The zero-order valence-electron chi connectivity index (χ0n) is 11.1. The van der Waals surface area contributed by atoms with Crippen molar-refractivity contribution in [2.45, 2.75) is 25.9 Å². The second-order valence-electron chi connectivity index (χ2n) is 4.48. The quantitative estimate of drug-likeness (QED) is 0.849. The molecular weight excluding hydrogens is 259 g/mol. The van der Waals surface area contributed by atoms with Crippen LogP contribution in [0.15, 0.2) is 29.4 Å². The summed E-state index contributed by atoms with van der Waals surface area (Å²) in [5, 5.41) is 6.65. The molecule has 104 valence electrons. The van der Waals surface area contributed by atoms with Crippen LogP contribution in [0.2, 0.25) is 0 Å². The molecule has 2 rings (SSSR count). The van der Waals surface area contributed by atoms with Gasteiger partial charge in [-0.1, -0.05) is 23.2 Å². The zero-order valence-corrected chi connectivity index (χ0v) is 11.1. The summed E-state index contributed by atoms with van der Waals surface area (Å²) in [6.45, 7) is 1.99. The topological polar surface area (TPSA) is 50.7 Å². The summed E-state index contributed by atoms with van der Waals surface area (Å²) in [5.41, 5.74) is 1.87. The molecule has 0 spiro atoms. The van der Waals surface area contributed by atoms with E-state index in [9.17, 15) is 9.18 Å². The molecule has 0 fully saturated rings. The Hall–Kier alpha value is -2.35. The van der Waals surface area contributed by atoms with E-state index >= 15 is 0 Å². The molecule has 20 heavy (non-hydrogen) atoms. The van der Waals surface area contributed by atoms with E-state index < -0.39 is 0 Å². The normalized spacial score (nSPS) is 16.7. The Morgan fingerprint density at radius 3 is 2.95 bits per heavy atom. The van der Waals surface area contributed by atoms with Gasteiger partial charge in [0.2, 0.25) is 0 Å². The van der Waals surface area contributed by atoms with Gasteiger partial charge in [-0.05, 0) is 30.5 Å². The van der Waals surface area contributed by atoms with Gasteiger partial charge in [0.05, 0.1) is 12.3 Å². The molecule has 0 aromatic heterocycles. The highest BCUT2D eigenvalue weighted by atomic mass is 19.1. The summed E-state index contributed by atoms with van der Waals surface area (Å²) in [6.07, 6.45) is 1.12. The molecular formula is C15H15FN2O2. The first-order chi connectivity index (χ1) is 9.67. The number of halogens is 1. The van der Waals surface area contributed by atoms with E-state index in [1.54, 1.807) is 19.1 Å². The lowest BCUT2D eigenvalue weighted by Crippen LogP contribution is -2.31. The van der Waals surface area contributed by atoms with Crippen LogP contribution < -0.4 is 5.32 Å². The molecule has 1 heterocycles. The minimum Gasteiger partial charge on any atom is -0.390 e. The molecule has 1 aliphatic heterocycles. The minimum absolute atomic E-state index is 0.159. The molecule has 0 saturated carbocycles. The van der Waals surface area contributed by atoms with E-state index in [2.05, 4.69) is 22.3 Å². The van der Waals surface area contributed by atoms with Crippen LogP contribution in [0.25, 0.3) is 0 Å². The number of amides is 1. The molecule has 1 amide bonds. The van der Waals surface area contributed by atoms with Crippen molar-refractivity contribution in [1.29, 1.82) is 0 Å². The Balaban J connectivity index is 1.78. The van der Waals surface area contributed by atoms with Crippen LogP contribution in [-0.2, 0) is 16.1 Å². The molecule has 1 aromatic carbocycles. The summed E-state index contributed by atoms with van der Waals surface area (Å²) in [7, 11) is 0. The zero-order chi connectivity index (χ0) is 14.4. The standard InChI is InChI=1S/C15H15FN2O2/c1-2-3-15(19)17-10-14-9-13(18-20-14)8-11-4-6-12(16)7-5-11/h4-7,14H,8-10H2,1H3,(H,17,19). The minimum atomic E-state index is -0.317. The monoisotopic (exact) mass is 274 g/mol. The molecule has 1 aliphatic rings. The third kappa shape index (κ3) is 4.09. The first-order valence-electron chi connectivity index (χ1n) is 6.34.